The Hall–Kier alpha value is -1.92. The molecular formula is C14H12BrNO4. The Labute approximate surface area is 124 Å². The van der Waals surface area contributed by atoms with Crippen molar-refractivity contribution < 1.29 is 14.8 Å². The van der Waals surface area contributed by atoms with Crippen LogP contribution in [-0.2, 0) is 0 Å². The van der Waals surface area contributed by atoms with Crippen molar-refractivity contribution in [2.24, 2.45) is 0 Å². The number of para-hydroxylation sites is 2. The van der Waals surface area contributed by atoms with Crippen molar-refractivity contribution in [1.82, 2.24) is 0 Å². The van der Waals surface area contributed by atoms with Gasteiger partial charge in [0.15, 0.2) is 0 Å². The molecule has 1 atom stereocenters. The second-order valence-corrected chi connectivity index (χ2v) is 5.10. The fourth-order valence-electron chi connectivity index (χ4n) is 1.75. The van der Waals surface area contributed by atoms with Gasteiger partial charge in [0.25, 0.3) is 0 Å². The first-order chi connectivity index (χ1) is 9.49. The lowest BCUT2D eigenvalue weighted by Crippen LogP contribution is -1.98. The molecule has 104 valence electrons. The van der Waals surface area contributed by atoms with Crippen LogP contribution >= 0.6 is 15.9 Å². The van der Waals surface area contributed by atoms with Gasteiger partial charge >= 0.3 is 5.69 Å². The van der Waals surface area contributed by atoms with Crippen molar-refractivity contribution in [2.45, 2.75) is 13.0 Å². The van der Waals surface area contributed by atoms with E-state index in [4.69, 9.17) is 4.74 Å². The van der Waals surface area contributed by atoms with E-state index in [0.717, 1.165) is 4.47 Å². The van der Waals surface area contributed by atoms with Gasteiger partial charge in [0.05, 0.1) is 11.0 Å². The topological polar surface area (TPSA) is 72.6 Å². The van der Waals surface area contributed by atoms with Crippen LogP contribution in [0.5, 0.6) is 11.5 Å². The highest BCUT2D eigenvalue weighted by Crippen LogP contribution is 2.35. The van der Waals surface area contributed by atoms with Crippen LogP contribution in [0.4, 0.5) is 5.69 Å². The van der Waals surface area contributed by atoms with E-state index in [-0.39, 0.29) is 11.4 Å². The second-order valence-electron chi connectivity index (χ2n) is 4.19. The largest absolute Gasteiger partial charge is 0.450 e. The molecule has 5 nitrogen and oxygen atoms in total. The lowest BCUT2D eigenvalue weighted by molar-refractivity contribution is -0.385. The number of aliphatic hydroxyl groups is 1. The standard InChI is InChI=1S/C14H12BrNO4/c1-9(17)11-8-10(15)6-7-13(11)20-14-5-3-2-4-12(14)16(18)19/h2-9,17H,1H3. The Morgan fingerprint density at radius 3 is 2.60 bits per heavy atom. The molecular weight excluding hydrogens is 326 g/mol. The van der Waals surface area contributed by atoms with Gasteiger partial charge in [-0.05, 0) is 31.2 Å². The lowest BCUT2D eigenvalue weighted by atomic mass is 10.1. The summed E-state index contributed by atoms with van der Waals surface area (Å²) in [5.41, 5.74) is 0.435. The maximum absolute atomic E-state index is 11.0. The molecule has 1 N–H and O–H groups in total. The van der Waals surface area contributed by atoms with Crippen molar-refractivity contribution in [3.8, 4) is 11.5 Å². The van der Waals surface area contributed by atoms with E-state index in [1.54, 1.807) is 37.3 Å². The summed E-state index contributed by atoms with van der Waals surface area (Å²) < 4.78 is 6.39. The molecule has 20 heavy (non-hydrogen) atoms. The molecule has 0 aliphatic rings. The summed E-state index contributed by atoms with van der Waals surface area (Å²) in [4.78, 5) is 10.4. The van der Waals surface area contributed by atoms with E-state index in [2.05, 4.69) is 15.9 Å². The zero-order chi connectivity index (χ0) is 14.7. The van der Waals surface area contributed by atoms with Gasteiger partial charge in [-0.15, -0.1) is 0 Å². The third kappa shape index (κ3) is 3.15. The van der Waals surface area contributed by atoms with E-state index in [1.807, 2.05) is 0 Å². The summed E-state index contributed by atoms with van der Waals surface area (Å²) in [5.74, 6) is 0.527. The Morgan fingerprint density at radius 1 is 1.25 bits per heavy atom. The average molecular weight is 338 g/mol. The Morgan fingerprint density at radius 2 is 1.95 bits per heavy atom. The van der Waals surface area contributed by atoms with Gasteiger partial charge < -0.3 is 9.84 Å². The lowest BCUT2D eigenvalue weighted by Gasteiger charge is -2.13. The molecule has 0 aliphatic carbocycles. The number of halogens is 1. The molecule has 6 heteroatoms. The predicted octanol–water partition coefficient (Wildman–Crippen LogP) is 4.20. The van der Waals surface area contributed by atoms with Crippen molar-refractivity contribution in [3.05, 3.63) is 62.6 Å². The predicted molar refractivity (Wildman–Crippen MR) is 77.9 cm³/mol. The number of hydrogen-bond donors (Lipinski definition) is 1. The van der Waals surface area contributed by atoms with E-state index >= 15 is 0 Å². The molecule has 0 saturated carbocycles. The molecule has 1 unspecified atom stereocenters. The third-order valence-corrected chi connectivity index (χ3v) is 3.20. The average Bonchev–Trinajstić information content (AvgIpc) is 2.41. The van der Waals surface area contributed by atoms with E-state index < -0.39 is 11.0 Å². The molecule has 0 radical (unpaired) electrons. The molecule has 0 spiro atoms. The number of nitrogens with zero attached hydrogens (tertiary/aromatic N) is 1. The fourth-order valence-corrected chi connectivity index (χ4v) is 2.13. The van der Waals surface area contributed by atoms with Crippen LogP contribution in [-0.4, -0.2) is 10.0 Å². The summed E-state index contributed by atoms with van der Waals surface area (Å²) in [6.45, 7) is 1.61. The highest BCUT2D eigenvalue weighted by atomic mass is 79.9. The SMILES string of the molecule is CC(O)c1cc(Br)ccc1Oc1ccccc1[N+](=O)[O-]. The summed E-state index contributed by atoms with van der Waals surface area (Å²) in [6, 6.07) is 11.2. The molecule has 0 saturated heterocycles. The maximum Gasteiger partial charge on any atom is 0.311 e. The summed E-state index contributed by atoms with van der Waals surface area (Å²) in [6.07, 6.45) is -0.745. The normalized spacial score (nSPS) is 11.9. The Kier molecular flexibility index (Phi) is 4.36. The molecule has 0 fully saturated rings. The van der Waals surface area contributed by atoms with Gasteiger partial charge in [-0.25, -0.2) is 0 Å². The van der Waals surface area contributed by atoms with Crippen LogP contribution in [0.2, 0.25) is 0 Å². The van der Waals surface area contributed by atoms with Crippen molar-refractivity contribution >= 4 is 21.6 Å². The summed E-state index contributed by atoms with van der Waals surface area (Å²) in [7, 11) is 0. The Balaban J connectivity index is 2.43. The van der Waals surface area contributed by atoms with E-state index in [9.17, 15) is 15.2 Å². The van der Waals surface area contributed by atoms with Crippen LogP contribution in [0, 0.1) is 10.1 Å². The number of ether oxygens (including phenoxy) is 1. The first-order valence-corrected chi connectivity index (χ1v) is 6.67. The number of rotatable bonds is 4. The van der Waals surface area contributed by atoms with Gasteiger partial charge in [0.2, 0.25) is 5.75 Å². The minimum absolute atomic E-state index is 0.119. The smallest absolute Gasteiger partial charge is 0.311 e. The highest BCUT2D eigenvalue weighted by molar-refractivity contribution is 9.10. The van der Waals surface area contributed by atoms with Gasteiger partial charge in [-0.1, -0.05) is 28.1 Å². The summed E-state index contributed by atoms with van der Waals surface area (Å²) in [5, 5.41) is 20.7. The second kappa shape index (κ2) is 6.02. The number of aliphatic hydroxyl groups excluding tert-OH is 1. The first-order valence-electron chi connectivity index (χ1n) is 5.88. The minimum Gasteiger partial charge on any atom is -0.450 e. The van der Waals surface area contributed by atoms with Crippen molar-refractivity contribution in [3.63, 3.8) is 0 Å². The quantitative estimate of drug-likeness (QED) is 0.670. The number of benzene rings is 2. The molecule has 2 rings (SSSR count). The van der Waals surface area contributed by atoms with Crippen LogP contribution in [0.3, 0.4) is 0 Å². The fraction of sp³-hybridized carbons (Fsp3) is 0.143. The van der Waals surface area contributed by atoms with Crippen molar-refractivity contribution in [2.75, 3.05) is 0 Å². The number of nitro groups is 1. The van der Waals surface area contributed by atoms with E-state index in [1.165, 1.54) is 12.1 Å². The van der Waals surface area contributed by atoms with Crippen LogP contribution in [0.15, 0.2) is 46.9 Å². The zero-order valence-corrected chi connectivity index (χ0v) is 12.2. The van der Waals surface area contributed by atoms with Crippen molar-refractivity contribution in [1.29, 1.82) is 0 Å². The molecule has 0 amide bonds. The first kappa shape index (κ1) is 14.5. The molecule has 0 bridgehead atoms. The van der Waals surface area contributed by atoms with Gasteiger partial charge in [-0.3, -0.25) is 10.1 Å². The molecule has 0 aliphatic heterocycles. The van der Waals surface area contributed by atoms with E-state index in [0.29, 0.717) is 11.3 Å². The van der Waals surface area contributed by atoms with Crippen LogP contribution < -0.4 is 4.74 Å². The number of hydrogen-bond acceptors (Lipinski definition) is 4. The van der Waals surface area contributed by atoms with Gasteiger partial charge in [-0.2, -0.15) is 0 Å². The minimum atomic E-state index is -0.745. The maximum atomic E-state index is 11.0. The monoisotopic (exact) mass is 337 g/mol. The third-order valence-electron chi connectivity index (χ3n) is 2.70. The van der Waals surface area contributed by atoms with Gasteiger partial charge in [0, 0.05) is 16.1 Å². The van der Waals surface area contributed by atoms with Crippen LogP contribution in [0.25, 0.3) is 0 Å². The van der Waals surface area contributed by atoms with Gasteiger partial charge in [0.1, 0.15) is 5.75 Å². The summed E-state index contributed by atoms with van der Waals surface area (Å²) >= 11 is 3.31. The number of nitro benzene ring substituents is 1. The van der Waals surface area contributed by atoms with Crippen LogP contribution in [0.1, 0.15) is 18.6 Å². The molecule has 0 aromatic heterocycles. The zero-order valence-electron chi connectivity index (χ0n) is 10.6. The highest BCUT2D eigenvalue weighted by Gasteiger charge is 2.17. The molecule has 2 aromatic carbocycles. The molecule has 0 heterocycles. The Bertz CT molecular complexity index is 643. The molecule has 2 aromatic rings.